The van der Waals surface area contributed by atoms with Crippen molar-refractivity contribution in [3.05, 3.63) is 72.8 Å². The molecule has 1 N–H and O–H groups in total. The number of benzene rings is 3. The summed E-state index contributed by atoms with van der Waals surface area (Å²) in [5, 5.41) is 2.78. The summed E-state index contributed by atoms with van der Waals surface area (Å²) in [5.74, 6) is 1.80. The van der Waals surface area contributed by atoms with E-state index in [4.69, 9.17) is 18.9 Å². The number of hydrogen-bond acceptors (Lipinski definition) is 6. The second-order valence-corrected chi connectivity index (χ2v) is 7.17. The van der Waals surface area contributed by atoms with Crippen LogP contribution in [0.2, 0.25) is 0 Å². The maximum absolute atomic E-state index is 12.4. The molecule has 3 aromatic rings. The normalized spacial score (nSPS) is 12.4. The summed E-state index contributed by atoms with van der Waals surface area (Å²) in [4.78, 5) is 26.4. The van der Waals surface area contributed by atoms with E-state index in [1.165, 1.54) is 7.11 Å². The molecule has 0 aliphatic carbocycles. The lowest BCUT2D eigenvalue weighted by atomic mass is 10.2. The number of hydrogen-bond donors (Lipinski definition) is 1. The average molecular weight is 448 g/mol. The smallest absolute Gasteiger partial charge is 0.265 e. The first-order valence-electron chi connectivity index (χ1n) is 10.4. The average Bonchev–Trinajstić information content (AvgIpc) is 2.85. The second-order valence-electron chi connectivity index (χ2n) is 7.17. The summed E-state index contributed by atoms with van der Waals surface area (Å²) in [6, 6.07) is 21.7. The molecule has 8 heteroatoms. The van der Waals surface area contributed by atoms with Gasteiger partial charge in [0.25, 0.3) is 11.8 Å². The van der Waals surface area contributed by atoms with Crippen LogP contribution in [0.3, 0.4) is 0 Å². The van der Waals surface area contributed by atoms with Crippen molar-refractivity contribution < 1.29 is 28.5 Å². The number of para-hydroxylation sites is 3. The fraction of sp³-hybridized carbons (Fsp3) is 0.200. The summed E-state index contributed by atoms with van der Waals surface area (Å²) in [6.07, 6.45) is 0. The van der Waals surface area contributed by atoms with Crippen molar-refractivity contribution in [1.29, 1.82) is 0 Å². The molecule has 1 heterocycles. The number of ether oxygens (including phenoxy) is 4. The van der Waals surface area contributed by atoms with Gasteiger partial charge in [0.05, 0.1) is 19.3 Å². The largest absolute Gasteiger partial charge is 0.493 e. The Morgan fingerprint density at radius 3 is 2.55 bits per heavy atom. The van der Waals surface area contributed by atoms with Crippen LogP contribution in [0, 0.1) is 0 Å². The molecule has 0 saturated heterocycles. The molecule has 0 atom stereocenters. The standard InChI is InChI=1S/C25H24N2O6/c1-30-21-9-5-6-10-22(21)32-16-24(28)26-18-11-12-20-23(15-18)33-17-25(29)27(20)13-14-31-19-7-3-2-4-8-19/h2-12,15H,13-14,16-17H2,1H3,(H,26,28). The Morgan fingerprint density at radius 2 is 1.76 bits per heavy atom. The van der Waals surface area contributed by atoms with Crippen LogP contribution in [-0.2, 0) is 9.59 Å². The monoisotopic (exact) mass is 448 g/mol. The lowest BCUT2D eigenvalue weighted by molar-refractivity contribution is -0.121. The van der Waals surface area contributed by atoms with Gasteiger partial charge in [0, 0.05) is 11.8 Å². The molecule has 0 saturated carbocycles. The predicted octanol–water partition coefficient (Wildman–Crippen LogP) is 3.52. The van der Waals surface area contributed by atoms with Crippen LogP contribution in [0.4, 0.5) is 11.4 Å². The molecule has 33 heavy (non-hydrogen) atoms. The van der Waals surface area contributed by atoms with E-state index in [0.29, 0.717) is 41.8 Å². The van der Waals surface area contributed by atoms with Crippen molar-refractivity contribution in [1.82, 2.24) is 0 Å². The van der Waals surface area contributed by atoms with Crippen molar-refractivity contribution in [3.63, 3.8) is 0 Å². The third kappa shape index (κ3) is 5.54. The van der Waals surface area contributed by atoms with Gasteiger partial charge in [0.2, 0.25) is 0 Å². The molecule has 8 nitrogen and oxygen atoms in total. The van der Waals surface area contributed by atoms with Crippen molar-refractivity contribution in [2.45, 2.75) is 0 Å². The first kappa shape index (κ1) is 22.0. The SMILES string of the molecule is COc1ccccc1OCC(=O)Nc1ccc2c(c1)OCC(=O)N2CCOc1ccccc1. The van der Waals surface area contributed by atoms with Crippen LogP contribution < -0.4 is 29.2 Å². The van der Waals surface area contributed by atoms with E-state index in [2.05, 4.69) is 5.32 Å². The van der Waals surface area contributed by atoms with Gasteiger partial charge in [-0.1, -0.05) is 30.3 Å². The van der Waals surface area contributed by atoms with Crippen LogP contribution in [0.1, 0.15) is 0 Å². The fourth-order valence-corrected chi connectivity index (χ4v) is 3.38. The van der Waals surface area contributed by atoms with Crippen LogP contribution >= 0.6 is 0 Å². The first-order valence-corrected chi connectivity index (χ1v) is 10.4. The minimum absolute atomic E-state index is 0.0767. The third-order valence-corrected chi connectivity index (χ3v) is 4.94. The molecule has 1 aliphatic heterocycles. The molecule has 170 valence electrons. The van der Waals surface area contributed by atoms with E-state index < -0.39 is 0 Å². The van der Waals surface area contributed by atoms with E-state index in [-0.39, 0.29) is 25.0 Å². The number of fused-ring (bicyclic) bond motifs is 1. The number of methoxy groups -OCH3 is 1. The number of rotatable bonds is 9. The fourth-order valence-electron chi connectivity index (χ4n) is 3.38. The van der Waals surface area contributed by atoms with Gasteiger partial charge < -0.3 is 29.2 Å². The summed E-state index contributed by atoms with van der Waals surface area (Å²) >= 11 is 0. The summed E-state index contributed by atoms with van der Waals surface area (Å²) in [5.41, 5.74) is 1.17. The zero-order valence-corrected chi connectivity index (χ0v) is 18.2. The van der Waals surface area contributed by atoms with Gasteiger partial charge in [-0.25, -0.2) is 0 Å². The molecular weight excluding hydrogens is 424 g/mol. The molecule has 1 aliphatic rings. The third-order valence-electron chi connectivity index (χ3n) is 4.94. The van der Waals surface area contributed by atoms with E-state index >= 15 is 0 Å². The molecule has 3 aromatic carbocycles. The number of nitrogens with one attached hydrogen (secondary N) is 1. The van der Waals surface area contributed by atoms with Crippen molar-refractivity contribution in [2.24, 2.45) is 0 Å². The van der Waals surface area contributed by atoms with Crippen LogP contribution in [-0.4, -0.2) is 45.3 Å². The maximum atomic E-state index is 12.4. The summed E-state index contributed by atoms with van der Waals surface area (Å²) < 4.78 is 22.1. The topological polar surface area (TPSA) is 86.3 Å². The van der Waals surface area contributed by atoms with E-state index in [9.17, 15) is 9.59 Å². The zero-order valence-electron chi connectivity index (χ0n) is 18.2. The van der Waals surface area contributed by atoms with E-state index in [0.717, 1.165) is 5.75 Å². The molecule has 0 bridgehead atoms. The van der Waals surface area contributed by atoms with Crippen LogP contribution in [0.15, 0.2) is 72.8 Å². The van der Waals surface area contributed by atoms with Crippen LogP contribution in [0.5, 0.6) is 23.0 Å². The maximum Gasteiger partial charge on any atom is 0.265 e. The molecule has 0 aromatic heterocycles. The van der Waals surface area contributed by atoms with Crippen molar-refractivity contribution >= 4 is 23.2 Å². The van der Waals surface area contributed by atoms with Crippen LogP contribution in [0.25, 0.3) is 0 Å². The lowest BCUT2D eigenvalue weighted by Gasteiger charge is -2.29. The Balaban J connectivity index is 1.36. The molecule has 0 radical (unpaired) electrons. The molecule has 2 amide bonds. The molecular formula is C25H24N2O6. The van der Waals surface area contributed by atoms with Gasteiger partial charge >= 0.3 is 0 Å². The van der Waals surface area contributed by atoms with E-state index in [1.807, 2.05) is 36.4 Å². The zero-order chi connectivity index (χ0) is 23.0. The Bertz CT molecular complexity index is 1120. The van der Waals surface area contributed by atoms with Crippen molar-refractivity contribution in [3.8, 4) is 23.0 Å². The minimum Gasteiger partial charge on any atom is -0.493 e. The second kappa shape index (κ2) is 10.4. The van der Waals surface area contributed by atoms with Gasteiger partial charge in [0.15, 0.2) is 24.7 Å². The molecule has 4 rings (SSSR count). The Morgan fingerprint density at radius 1 is 1.00 bits per heavy atom. The molecule has 0 spiro atoms. The van der Waals surface area contributed by atoms with Gasteiger partial charge in [-0.15, -0.1) is 0 Å². The van der Waals surface area contributed by atoms with Crippen molar-refractivity contribution in [2.75, 3.05) is 43.7 Å². The highest BCUT2D eigenvalue weighted by molar-refractivity contribution is 5.99. The summed E-state index contributed by atoms with van der Waals surface area (Å²) in [7, 11) is 1.54. The van der Waals surface area contributed by atoms with Gasteiger partial charge in [0.1, 0.15) is 18.1 Å². The molecule has 0 fully saturated rings. The number of nitrogens with zero attached hydrogens (tertiary/aromatic N) is 1. The van der Waals surface area contributed by atoms with Gasteiger partial charge in [-0.05, 0) is 36.4 Å². The first-order chi connectivity index (χ1) is 16.1. The molecule has 0 unspecified atom stereocenters. The highest BCUT2D eigenvalue weighted by atomic mass is 16.5. The Hall–Kier alpha value is -4.20. The number of carbonyl (C=O) groups excluding carboxylic acids is 2. The van der Waals surface area contributed by atoms with Gasteiger partial charge in [-0.3, -0.25) is 9.59 Å². The highest BCUT2D eigenvalue weighted by Crippen LogP contribution is 2.34. The number of carbonyl (C=O) groups is 2. The highest BCUT2D eigenvalue weighted by Gasteiger charge is 2.26. The Labute approximate surface area is 191 Å². The van der Waals surface area contributed by atoms with E-state index in [1.54, 1.807) is 41.3 Å². The number of anilines is 2. The number of amides is 2. The predicted molar refractivity (Wildman–Crippen MR) is 123 cm³/mol. The summed E-state index contributed by atoms with van der Waals surface area (Å²) in [6.45, 7) is 0.461. The lowest BCUT2D eigenvalue weighted by Crippen LogP contribution is -2.41. The Kier molecular flexibility index (Phi) is 6.94. The van der Waals surface area contributed by atoms with Gasteiger partial charge in [-0.2, -0.15) is 0 Å². The quantitative estimate of drug-likeness (QED) is 0.539. The minimum atomic E-state index is -0.333.